The SMILES string of the molecule is CCOC(CNC(=O)c1c(C)[nH]c(/C=C2\C(=O)Nc3ccc(F)cc32)c1C)C(=O)N(C)C. The number of H-pyrrole nitrogens is 1. The molecule has 32 heavy (non-hydrogen) atoms. The molecular weight excluding hydrogens is 415 g/mol. The lowest BCUT2D eigenvalue weighted by Gasteiger charge is -2.20. The van der Waals surface area contributed by atoms with Crippen LogP contribution in [0.5, 0.6) is 0 Å². The molecule has 3 amide bonds. The van der Waals surface area contributed by atoms with Crippen LogP contribution in [0.25, 0.3) is 11.6 Å². The number of nitrogens with one attached hydrogen (secondary N) is 3. The molecule has 1 aliphatic heterocycles. The van der Waals surface area contributed by atoms with Crippen molar-refractivity contribution >= 4 is 35.1 Å². The Kier molecular flexibility index (Phi) is 6.78. The first-order valence-electron chi connectivity index (χ1n) is 10.3. The van der Waals surface area contributed by atoms with E-state index in [1.54, 1.807) is 40.9 Å². The summed E-state index contributed by atoms with van der Waals surface area (Å²) in [6.07, 6.45) is 0.826. The highest BCUT2D eigenvalue weighted by molar-refractivity contribution is 6.34. The molecule has 0 saturated carbocycles. The first kappa shape index (κ1) is 23.2. The van der Waals surface area contributed by atoms with Gasteiger partial charge in [-0.05, 0) is 50.6 Å². The van der Waals surface area contributed by atoms with Crippen LogP contribution in [0.15, 0.2) is 18.2 Å². The summed E-state index contributed by atoms with van der Waals surface area (Å²) < 4.78 is 19.2. The summed E-state index contributed by atoms with van der Waals surface area (Å²) in [6, 6.07) is 4.09. The molecule has 0 aliphatic carbocycles. The molecule has 0 fully saturated rings. The average molecular weight is 442 g/mol. The Morgan fingerprint density at radius 2 is 2.00 bits per heavy atom. The van der Waals surface area contributed by atoms with Crippen molar-refractivity contribution in [1.82, 2.24) is 15.2 Å². The van der Waals surface area contributed by atoms with Crippen LogP contribution in [-0.4, -0.2) is 61.0 Å². The molecular formula is C23H27FN4O4. The van der Waals surface area contributed by atoms with E-state index < -0.39 is 11.9 Å². The zero-order chi connectivity index (χ0) is 23.6. The van der Waals surface area contributed by atoms with Crippen LogP contribution in [0.3, 0.4) is 0 Å². The van der Waals surface area contributed by atoms with Crippen molar-refractivity contribution in [3.63, 3.8) is 0 Å². The molecule has 0 saturated heterocycles. The predicted octanol–water partition coefficient (Wildman–Crippen LogP) is 2.49. The first-order chi connectivity index (χ1) is 15.1. The lowest BCUT2D eigenvalue weighted by atomic mass is 10.0. The number of nitrogens with zero attached hydrogens (tertiary/aromatic N) is 1. The molecule has 1 aliphatic rings. The molecule has 170 valence electrons. The lowest BCUT2D eigenvalue weighted by molar-refractivity contribution is -0.140. The van der Waals surface area contributed by atoms with Gasteiger partial charge in [0.15, 0.2) is 6.10 Å². The Labute approximate surface area is 185 Å². The number of carbonyl (C=O) groups excluding carboxylic acids is 3. The normalized spacial score (nSPS) is 14.8. The van der Waals surface area contributed by atoms with Gasteiger partial charge in [0.25, 0.3) is 17.7 Å². The molecule has 0 radical (unpaired) electrons. The summed E-state index contributed by atoms with van der Waals surface area (Å²) >= 11 is 0. The van der Waals surface area contributed by atoms with E-state index in [0.717, 1.165) is 0 Å². The Bertz CT molecular complexity index is 1100. The van der Waals surface area contributed by atoms with Crippen molar-refractivity contribution in [1.29, 1.82) is 0 Å². The van der Waals surface area contributed by atoms with E-state index in [9.17, 15) is 18.8 Å². The van der Waals surface area contributed by atoms with Crippen LogP contribution in [0.4, 0.5) is 10.1 Å². The number of carbonyl (C=O) groups is 3. The van der Waals surface area contributed by atoms with Gasteiger partial charge in [0.2, 0.25) is 0 Å². The van der Waals surface area contributed by atoms with Gasteiger partial charge in [-0.2, -0.15) is 0 Å². The summed E-state index contributed by atoms with van der Waals surface area (Å²) in [6.45, 7) is 5.65. The van der Waals surface area contributed by atoms with Crippen LogP contribution in [0, 0.1) is 19.7 Å². The molecule has 1 atom stereocenters. The van der Waals surface area contributed by atoms with Crippen molar-refractivity contribution in [2.24, 2.45) is 0 Å². The second-order valence-corrected chi connectivity index (χ2v) is 7.75. The largest absolute Gasteiger partial charge is 0.367 e. The maximum absolute atomic E-state index is 13.7. The third kappa shape index (κ3) is 4.57. The molecule has 8 nitrogen and oxygen atoms in total. The number of hydrogen-bond donors (Lipinski definition) is 3. The Morgan fingerprint density at radius 3 is 2.66 bits per heavy atom. The van der Waals surface area contributed by atoms with Crippen molar-refractivity contribution < 1.29 is 23.5 Å². The second-order valence-electron chi connectivity index (χ2n) is 7.75. The Hall–Kier alpha value is -3.46. The third-order valence-corrected chi connectivity index (χ3v) is 5.29. The van der Waals surface area contributed by atoms with Gasteiger partial charge in [-0.3, -0.25) is 14.4 Å². The van der Waals surface area contributed by atoms with Gasteiger partial charge in [0, 0.05) is 43.3 Å². The molecule has 0 spiro atoms. The number of hydrogen-bond acceptors (Lipinski definition) is 4. The van der Waals surface area contributed by atoms with Gasteiger partial charge in [-0.1, -0.05) is 0 Å². The molecule has 1 aromatic heterocycles. The molecule has 9 heteroatoms. The minimum absolute atomic E-state index is 0.0270. The lowest BCUT2D eigenvalue weighted by Crippen LogP contribution is -2.44. The van der Waals surface area contributed by atoms with E-state index in [4.69, 9.17) is 4.74 Å². The fraction of sp³-hybridized carbons (Fsp3) is 0.348. The maximum Gasteiger partial charge on any atom is 0.256 e. The number of aromatic nitrogens is 1. The van der Waals surface area contributed by atoms with E-state index in [-0.39, 0.29) is 24.3 Å². The molecule has 1 aromatic carbocycles. The highest BCUT2D eigenvalue weighted by atomic mass is 19.1. The zero-order valence-electron chi connectivity index (χ0n) is 18.8. The van der Waals surface area contributed by atoms with Crippen molar-refractivity contribution in [2.45, 2.75) is 26.9 Å². The molecule has 2 aromatic rings. The highest BCUT2D eigenvalue weighted by Crippen LogP contribution is 2.34. The number of amides is 3. The zero-order valence-corrected chi connectivity index (χ0v) is 18.8. The molecule has 0 bridgehead atoms. The standard InChI is InChI=1S/C23H27FN4O4/c1-6-32-19(23(31)28(4)5)11-25-22(30)20-12(2)18(26-13(20)3)10-16-15-9-14(24)7-8-17(15)27-21(16)29/h7-10,19,26H,6,11H2,1-5H3,(H,25,30)(H,27,29)/b16-10-. The number of rotatable bonds is 7. The fourth-order valence-electron chi connectivity index (χ4n) is 3.69. The van der Waals surface area contributed by atoms with Gasteiger partial charge < -0.3 is 25.3 Å². The van der Waals surface area contributed by atoms with Gasteiger partial charge in [0.05, 0.1) is 17.7 Å². The van der Waals surface area contributed by atoms with E-state index in [2.05, 4.69) is 15.6 Å². The average Bonchev–Trinajstić information content (AvgIpc) is 3.19. The van der Waals surface area contributed by atoms with Crippen LogP contribution >= 0.6 is 0 Å². The number of aromatic amines is 1. The van der Waals surface area contributed by atoms with Crippen LogP contribution in [-0.2, 0) is 14.3 Å². The number of ether oxygens (including phenoxy) is 1. The molecule has 3 N–H and O–H groups in total. The van der Waals surface area contributed by atoms with Gasteiger partial charge >= 0.3 is 0 Å². The van der Waals surface area contributed by atoms with Crippen molar-refractivity contribution in [3.05, 3.63) is 52.1 Å². The van der Waals surface area contributed by atoms with Gasteiger partial charge in [-0.15, -0.1) is 0 Å². The molecule has 3 rings (SSSR count). The summed E-state index contributed by atoms with van der Waals surface area (Å²) in [4.78, 5) is 42.1. The summed E-state index contributed by atoms with van der Waals surface area (Å²) in [5.74, 6) is -1.38. The minimum Gasteiger partial charge on any atom is -0.367 e. The summed E-state index contributed by atoms with van der Waals surface area (Å²) in [7, 11) is 3.25. The Morgan fingerprint density at radius 1 is 1.28 bits per heavy atom. The number of benzene rings is 1. The van der Waals surface area contributed by atoms with E-state index in [0.29, 0.717) is 45.9 Å². The van der Waals surface area contributed by atoms with E-state index in [1.165, 1.54) is 23.1 Å². The van der Waals surface area contributed by atoms with Gasteiger partial charge in [0.1, 0.15) is 5.82 Å². The van der Waals surface area contributed by atoms with Gasteiger partial charge in [-0.25, -0.2) is 4.39 Å². The van der Waals surface area contributed by atoms with Crippen LogP contribution < -0.4 is 10.6 Å². The predicted molar refractivity (Wildman–Crippen MR) is 120 cm³/mol. The minimum atomic E-state index is -0.784. The second kappa shape index (κ2) is 9.35. The topological polar surface area (TPSA) is 104 Å². The van der Waals surface area contributed by atoms with Crippen LogP contribution in [0.2, 0.25) is 0 Å². The Balaban J connectivity index is 1.85. The molecule has 2 heterocycles. The molecule has 1 unspecified atom stereocenters. The fourth-order valence-corrected chi connectivity index (χ4v) is 3.69. The van der Waals surface area contributed by atoms with Crippen molar-refractivity contribution in [3.8, 4) is 0 Å². The quantitative estimate of drug-likeness (QED) is 0.573. The number of fused-ring (bicyclic) bond motifs is 1. The number of aryl methyl sites for hydroxylation is 1. The maximum atomic E-state index is 13.7. The summed E-state index contributed by atoms with van der Waals surface area (Å²) in [5, 5.41) is 5.47. The number of anilines is 1. The third-order valence-electron chi connectivity index (χ3n) is 5.29. The highest BCUT2D eigenvalue weighted by Gasteiger charge is 2.27. The first-order valence-corrected chi connectivity index (χ1v) is 10.3. The van der Waals surface area contributed by atoms with Crippen molar-refractivity contribution in [2.75, 3.05) is 32.6 Å². The number of halogens is 1. The number of likely N-dealkylation sites (N-methyl/N-ethyl adjacent to an activating group) is 1. The van der Waals surface area contributed by atoms with Crippen LogP contribution in [0.1, 0.15) is 39.8 Å². The van der Waals surface area contributed by atoms with E-state index in [1.807, 2.05) is 0 Å². The summed E-state index contributed by atoms with van der Waals surface area (Å²) in [5.41, 5.74) is 3.55. The smallest absolute Gasteiger partial charge is 0.256 e. The van der Waals surface area contributed by atoms with E-state index >= 15 is 0 Å². The monoisotopic (exact) mass is 442 g/mol.